The molecule has 5 atom stereocenters. The van der Waals surface area contributed by atoms with E-state index in [-0.39, 0.29) is 24.0 Å². The number of aliphatic hydroxyl groups excluding tert-OH is 1. The quantitative estimate of drug-likeness (QED) is 0.542. The van der Waals surface area contributed by atoms with Crippen molar-refractivity contribution in [2.75, 3.05) is 0 Å². The minimum Gasteiger partial charge on any atom is -0.412 e. The van der Waals surface area contributed by atoms with Crippen molar-refractivity contribution in [2.45, 2.75) is 91.1 Å². The molecule has 1 aliphatic rings. The zero-order valence-electron chi connectivity index (χ0n) is 16.1. The highest BCUT2D eigenvalue weighted by molar-refractivity contribution is 6.77. The van der Waals surface area contributed by atoms with Gasteiger partial charge in [0.05, 0.1) is 12.2 Å². The summed E-state index contributed by atoms with van der Waals surface area (Å²) in [5, 5.41) is 10.6. The Morgan fingerprint density at radius 1 is 0.818 bits per heavy atom. The smallest absolute Gasteiger partial charge is 0.200 e. The Morgan fingerprint density at radius 3 is 1.64 bits per heavy atom. The summed E-state index contributed by atoms with van der Waals surface area (Å²) in [6.45, 7) is 20.5. The van der Waals surface area contributed by atoms with Crippen LogP contribution < -0.4 is 0 Å². The van der Waals surface area contributed by atoms with E-state index in [4.69, 9.17) is 4.43 Å². The highest BCUT2D eigenvalue weighted by atomic mass is 28.4. The van der Waals surface area contributed by atoms with E-state index < -0.39 is 8.32 Å². The molecule has 0 aliphatic heterocycles. The molecule has 1 rings (SSSR count). The molecule has 0 saturated carbocycles. The number of hydrogen-bond acceptors (Lipinski definition) is 2. The van der Waals surface area contributed by atoms with Crippen LogP contribution in [0.15, 0.2) is 12.2 Å². The fraction of sp³-hybridized carbons (Fsp3) is 0.895. The Labute approximate surface area is 139 Å². The standard InChI is InChI=1S/C19H38O2Si/c1-12(2)22(13(3)4,14(5)6)21-19-16(8)11-10-15(7)18(20)17(19)9/h10-20H,1-9H3/t15-,16-,17+,18-,19-/m0/s1. The van der Waals surface area contributed by atoms with Gasteiger partial charge in [0.15, 0.2) is 0 Å². The van der Waals surface area contributed by atoms with E-state index >= 15 is 0 Å². The third-order valence-electron chi connectivity index (χ3n) is 5.88. The summed E-state index contributed by atoms with van der Waals surface area (Å²) in [5.41, 5.74) is 1.73. The van der Waals surface area contributed by atoms with Crippen molar-refractivity contribution in [3.05, 3.63) is 12.2 Å². The lowest BCUT2D eigenvalue weighted by Gasteiger charge is -2.47. The van der Waals surface area contributed by atoms with Crippen LogP contribution >= 0.6 is 0 Å². The van der Waals surface area contributed by atoms with E-state index in [2.05, 4.69) is 74.5 Å². The summed E-state index contributed by atoms with van der Waals surface area (Å²) in [7, 11) is -1.92. The maximum Gasteiger partial charge on any atom is 0.200 e. The zero-order chi connectivity index (χ0) is 17.2. The van der Waals surface area contributed by atoms with Gasteiger partial charge in [-0.05, 0) is 22.5 Å². The number of aliphatic hydroxyl groups is 1. The molecule has 0 saturated heterocycles. The maximum atomic E-state index is 10.6. The first-order chi connectivity index (χ1) is 10.1. The lowest BCUT2D eigenvalue weighted by molar-refractivity contribution is -0.00114. The van der Waals surface area contributed by atoms with Crippen molar-refractivity contribution in [1.82, 2.24) is 0 Å². The molecule has 3 heteroatoms. The molecule has 0 bridgehead atoms. The van der Waals surface area contributed by atoms with Crippen LogP contribution in [0.5, 0.6) is 0 Å². The van der Waals surface area contributed by atoms with Crippen LogP contribution in [0.4, 0.5) is 0 Å². The first-order valence-electron chi connectivity index (χ1n) is 9.09. The van der Waals surface area contributed by atoms with E-state index in [9.17, 15) is 5.11 Å². The summed E-state index contributed by atoms with van der Waals surface area (Å²) in [6.07, 6.45) is 4.22. The van der Waals surface area contributed by atoms with Gasteiger partial charge in [0.1, 0.15) is 0 Å². The fourth-order valence-electron chi connectivity index (χ4n) is 4.58. The van der Waals surface area contributed by atoms with Gasteiger partial charge in [0.2, 0.25) is 8.32 Å². The van der Waals surface area contributed by atoms with Gasteiger partial charge in [-0.25, -0.2) is 0 Å². The van der Waals surface area contributed by atoms with Gasteiger partial charge < -0.3 is 9.53 Å². The molecular weight excluding hydrogens is 288 g/mol. The Morgan fingerprint density at radius 2 is 1.23 bits per heavy atom. The molecular formula is C19H38O2Si. The first-order valence-corrected chi connectivity index (χ1v) is 11.2. The molecule has 130 valence electrons. The van der Waals surface area contributed by atoms with Gasteiger partial charge in [0.25, 0.3) is 0 Å². The SMILES string of the molecule is CC(C)[Si](O[C@@H]1[C@H](C)[C@@H](O)[C@@H](C)C=C[C@@H]1C)(C(C)C)C(C)C. The largest absolute Gasteiger partial charge is 0.412 e. The zero-order valence-corrected chi connectivity index (χ0v) is 17.1. The van der Waals surface area contributed by atoms with Gasteiger partial charge in [-0.15, -0.1) is 0 Å². The predicted molar refractivity (Wildman–Crippen MR) is 98.6 cm³/mol. The minimum atomic E-state index is -1.92. The lowest BCUT2D eigenvalue weighted by Crippen LogP contribution is -2.53. The molecule has 0 aromatic carbocycles. The molecule has 0 aromatic rings. The van der Waals surface area contributed by atoms with Crippen molar-refractivity contribution >= 4 is 8.32 Å². The first kappa shape index (κ1) is 19.9. The molecule has 0 aromatic heterocycles. The second kappa shape index (κ2) is 7.63. The lowest BCUT2D eigenvalue weighted by atomic mass is 9.88. The second-order valence-corrected chi connectivity index (χ2v) is 13.8. The molecule has 22 heavy (non-hydrogen) atoms. The molecule has 1 aliphatic carbocycles. The summed E-state index contributed by atoms with van der Waals surface area (Å²) >= 11 is 0. The molecule has 0 amide bonds. The Balaban J connectivity index is 3.18. The topological polar surface area (TPSA) is 29.5 Å². The van der Waals surface area contributed by atoms with E-state index in [1.54, 1.807) is 0 Å². The molecule has 0 radical (unpaired) electrons. The second-order valence-electron chi connectivity index (χ2n) is 8.35. The van der Waals surface area contributed by atoms with Crippen LogP contribution in [0.3, 0.4) is 0 Å². The van der Waals surface area contributed by atoms with Gasteiger partial charge in [0, 0.05) is 11.8 Å². The van der Waals surface area contributed by atoms with Crippen LogP contribution in [0.2, 0.25) is 16.6 Å². The number of hydrogen-bond donors (Lipinski definition) is 1. The van der Waals surface area contributed by atoms with Crippen LogP contribution in [0, 0.1) is 17.8 Å². The highest BCUT2D eigenvalue weighted by Crippen LogP contribution is 2.45. The minimum absolute atomic E-state index is 0.120. The van der Waals surface area contributed by atoms with Crippen molar-refractivity contribution in [1.29, 1.82) is 0 Å². The van der Waals surface area contributed by atoms with Gasteiger partial charge in [-0.2, -0.15) is 0 Å². The summed E-state index contributed by atoms with van der Waals surface area (Å²) in [5.74, 6) is 0.736. The molecule has 0 fully saturated rings. The van der Waals surface area contributed by atoms with Crippen LogP contribution in [0.1, 0.15) is 62.3 Å². The van der Waals surface area contributed by atoms with Gasteiger partial charge in [-0.3, -0.25) is 0 Å². The average molecular weight is 327 g/mol. The maximum absolute atomic E-state index is 10.6. The molecule has 0 unspecified atom stereocenters. The molecule has 0 heterocycles. The third kappa shape index (κ3) is 3.68. The average Bonchev–Trinajstić information content (AvgIpc) is 2.49. The Kier molecular flexibility index (Phi) is 6.91. The van der Waals surface area contributed by atoms with E-state index in [0.29, 0.717) is 22.5 Å². The van der Waals surface area contributed by atoms with Crippen LogP contribution in [-0.4, -0.2) is 25.6 Å². The van der Waals surface area contributed by atoms with E-state index in [1.165, 1.54) is 0 Å². The molecule has 1 N–H and O–H groups in total. The molecule has 0 spiro atoms. The van der Waals surface area contributed by atoms with E-state index in [0.717, 1.165) is 0 Å². The fourth-order valence-corrected chi connectivity index (χ4v) is 10.3. The highest BCUT2D eigenvalue weighted by Gasteiger charge is 2.48. The third-order valence-corrected chi connectivity index (χ3v) is 12.0. The Bertz CT molecular complexity index is 354. The predicted octanol–water partition coefficient (Wildman–Crippen LogP) is 5.39. The van der Waals surface area contributed by atoms with Crippen molar-refractivity contribution in [3.8, 4) is 0 Å². The van der Waals surface area contributed by atoms with Crippen LogP contribution in [0.25, 0.3) is 0 Å². The summed E-state index contributed by atoms with van der Waals surface area (Å²) in [6, 6.07) is 0. The van der Waals surface area contributed by atoms with Gasteiger partial charge >= 0.3 is 0 Å². The number of rotatable bonds is 5. The van der Waals surface area contributed by atoms with Crippen LogP contribution in [-0.2, 0) is 4.43 Å². The van der Waals surface area contributed by atoms with Crippen molar-refractivity contribution < 1.29 is 9.53 Å². The summed E-state index contributed by atoms with van der Waals surface area (Å²) < 4.78 is 7.01. The summed E-state index contributed by atoms with van der Waals surface area (Å²) in [4.78, 5) is 0. The van der Waals surface area contributed by atoms with Crippen molar-refractivity contribution in [3.63, 3.8) is 0 Å². The Hall–Kier alpha value is -0.123. The van der Waals surface area contributed by atoms with Crippen molar-refractivity contribution in [2.24, 2.45) is 17.8 Å². The van der Waals surface area contributed by atoms with E-state index in [1.807, 2.05) is 0 Å². The normalized spacial score (nSPS) is 33.8. The van der Waals surface area contributed by atoms with Gasteiger partial charge in [-0.1, -0.05) is 74.5 Å². The monoisotopic (exact) mass is 326 g/mol. The molecule has 2 nitrogen and oxygen atoms in total.